The fourth-order valence-corrected chi connectivity index (χ4v) is 4.62. The molecule has 0 bridgehead atoms. The zero-order valence-electron chi connectivity index (χ0n) is 14.4. The van der Waals surface area contributed by atoms with Crippen LogP contribution in [0.4, 0.5) is 0 Å². The van der Waals surface area contributed by atoms with E-state index in [9.17, 15) is 4.79 Å². The van der Waals surface area contributed by atoms with E-state index < -0.39 is 0 Å². The first-order valence-electron chi connectivity index (χ1n) is 8.58. The van der Waals surface area contributed by atoms with Gasteiger partial charge < -0.3 is 14.0 Å². The van der Waals surface area contributed by atoms with Crippen molar-refractivity contribution in [3.8, 4) is 0 Å². The first-order chi connectivity index (χ1) is 11.5. The zero-order valence-corrected chi connectivity index (χ0v) is 14.4. The predicted molar refractivity (Wildman–Crippen MR) is 86.5 cm³/mol. The van der Waals surface area contributed by atoms with Crippen LogP contribution in [0.15, 0.2) is 10.9 Å². The molecule has 4 rings (SSSR count). The summed E-state index contributed by atoms with van der Waals surface area (Å²) >= 11 is 0. The second kappa shape index (κ2) is 5.43. The summed E-state index contributed by atoms with van der Waals surface area (Å²) in [5.41, 5.74) is 1.41. The molecule has 1 atom stereocenters. The van der Waals surface area contributed by atoms with Crippen LogP contribution in [-0.4, -0.2) is 43.8 Å². The quantitative estimate of drug-likeness (QED) is 0.844. The van der Waals surface area contributed by atoms with Crippen LogP contribution in [0.3, 0.4) is 0 Å². The van der Waals surface area contributed by atoms with E-state index in [2.05, 4.69) is 15.4 Å². The molecule has 24 heavy (non-hydrogen) atoms. The van der Waals surface area contributed by atoms with Gasteiger partial charge in [0.15, 0.2) is 0 Å². The molecule has 7 heteroatoms. The molecule has 1 saturated carbocycles. The van der Waals surface area contributed by atoms with Gasteiger partial charge in [-0.25, -0.2) is 0 Å². The summed E-state index contributed by atoms with van der Waals surface area (Å²) in [6.07, 6.45) is 6.49. The number of hydrogen-bond donors (Lipinski definition) is 0. The summed E-state index contributed by atoms with van der Waals surface area (Å²) in [5.74, 6) is 1.87. The minimum absolute atomic E-state index is 0.0298. The van der Waals surface area contributed by atoms with Gasteiger partial charge in [-0.15, -0.1) is 10.2 Å². The Hall–Kier alpha value is -2.18. The van der Waals surface area contributed by atoms with Crippen molar-refractivity contribution in [2.75, 3.05) is 13.1 Å². The van der Waals surface area contributed by atoms with E-state index >= 15 is 0 Å². The Balaban J connectivity index is 1.68. The number of likely N-dealkylation sites (tertiary alicyclic amines) is 1. The van der Waals surface area contributed by atoms with E-state index in [0.717, 1.165) is 25.2 Å². The molecular weight excluding hydrogens is 306 g/mol. The molecule has 1 aliphatic carbocycles. The number of amides is 1. The highest BCUT2D eigenvalue weighted by Gasteiger charge is 2.51. The van der Waals surface area contributed by atoms with Crippen LogP contribution in [0.25, 0.3) is 0 Å². The van der Waals surface area contributed by atoms with Gasteiger partial charge in [-0.1, -0.05) is 18.0 Å². The second-order valence-electron chi connectivity index (χ2n) is 7.31. The van der Waals surface area contributed by atoms with Gasteiger partial charge in [0.2, 0.25) is 0 Å². The number of hydrogen-bond acceptors (Lipinski definition) is 5. The molecule has 1 amide bonds. The monoisotopic (exact) mass is 329 g/mol. The average molecular weight is 329 g/mol. The van der Waals surface area contributed by atoms with Crippen LogP contribution in [0.5, 0.6) is 0 Å². The number of nitrogens with zero attached hydrogens (tertiary/aromatic N) is 5. The van der Waals surface area contributed by atoms with E-state index in [-0.39, 0.29) is 17.2 Å². The van der Waals surface area contributed by atoms with Gasteiger partial charge >= 0.3 is 0 Å². The van der Waals surface area contributed by atoms with Gasteiger partial charge in [-0.05, 0) is 32.1 Å². The first kappa shape index (κ1) is 15.4. The molecule has 2 aromatic rings. The van der Waals surface area contributed by atoms with E-state index in [4.69, 9.17) is 4.52 Å². The minimum atomic E-state index is 0.0298. The highest BCUT2D eigenvalue weighted by Crippen LogP contribution is 2.53. The zero-order chi connectivity index (χ0) is 16.9. The number of carbonyl (C=O) groups excluding carboxylic acids is 1. The summed E-state index contributed by atoms with van der Waals surface area (Å²) in [6.45, 7) is 5.10. The lowest BCUT2D eigenvalue weighted by Gasteiger charge is -2.28. The van der Waals surface area contributed by atoms with Crippen molar-refractivity contribution in [2.45, 2.75) is 45.4 Å². The number of carbonyl (C=O) groups is 1. The van der Waals surface area contributed by atoms with Gasteiger partial charge in [-0.3, -0.25) is 4.79 Å². The maximum Gasteiger partial charge on any atom is 0.259 e. The fourth-order valence-electron chi connectivity index (χ4n) is 4.62. The van der Waals surface area contributed by atoms with Crippen molar-refractivity contribution in [3.05, 3.63) is 29.2 Å². The number of aromatic nitrogens is 4. The molecule has 3 heterocycles. The maximum atomic E-state index is 13.1. The summed E-state index contributed by atoms with van der Waals surface area (Å²) in [4.78, 5) is 15.0. The highest BCUT2D eigenvalue weighted by atomic mass is 16.5. The van der Waals surface area contributed by atoms with Crippen LogP contribution in [0.1, 0.15) is 59.2 Å². The van der Waals surface area contributed by atoms with Crippen molar-refractivity contribution in [2.24, 2.45) is 12.5 Å². The smallest absolute Gasteiger partial charge is 0.259 e. The molecular formula is C17H23N5O2. The molecule has 2 aliphatic rings. The number of aryl methyl sites for hydroxylation is 3. The Labute approximate surface area is 141 Å². The fraction of sp³-hybridized carbons (Fsp3) is 0.647. The Morgan fingerprint density at radius 3 is 2.67 bits per heavy atom. The third kappa shape index (κ3) is 2.17. The van der Waals surface area contributed by atoms with Crippen LogP contribution in [0.2, 0.25) is 0 Å². The molecule has 2 fully saturated rings. The third-order valence-electron chi connectivity index (χ3n) is 5.84. The Kier molecular flexibility index (Phi) is 3.47. The van der Waals surface area contributed by atoms with E-state index in [1.54, 1.807) is 13.3 Å². The largest absolute Gasteiger partial charge is 0.361 e. The molecule has 1 spiro atoms. The molecule has 7 nitrogen and oxygen atoms in total. The second-order valence-corrected chi connectivity index (χ2v) is 7.31. The standard InChI is InChI=1S/C17H23N5O2/c1-11-14(12(2)24-20-11)16(23)22-8-13(15-19-18-10-21(15)3)17(9-22)6-4-5-7-17/h10,13H,4-9H2,1-3H3. The SMILES string of the molecule is Cc1noc(C)c1C(=O)N1CC(c2nncn2C)C2(CCCC2)C1. The number of rotatable bonds is 2. The van der Waals surface area contributed by atoms with Gasteiger partial charge in [0.05, 0.1) is 5.69 Å². The maximum absolute atomic E-state index is 13.1. The molecule has 1 aliphatic heterocycles. The van der Waals surface area contributed by atoms with Crippen LogP contribution < -0.4 is 0 Å². The molecule has 128 valence electrons. The molecule has 2 aromatic heterocycles. The summed E-state index contributed by atoms with van der Waals surface area (Å²) in [5, 5.41) is 12.3. The van der Waals surface area contributed by atoms with Gasteiger partial charge in [0.1, 0.15) is 23.5 Å². The van der Waals surface area contributed by atoms with Gasteiger partial charge in [-0.2, -0.15) is 0 Å². The average Bonchev–Trinajstić information content (AvgIpc) is 3.31. The van der Waals surface area contributed by atoms with E-state index in [1.165, 1.54) is 12.8 Å². The molecule has 0 aromatic carbocycles. The van der Waals surface area contributed by atoms with Crippen molar-refractivity contribution in [1.82, 2.24) is 24.8 Å². The van der Waals surface area contributed by atoms with Crippen molar-refractivity contribution < 1.29 is 9.32 Å². The lowest BCUT2D eigenvalue weighted by molar-refractivity contribution is 0.0771. The normalized spacial score (nSPS) is 22.6. The summed E-state index contributed by atoms with van der Waals surface area (Å²) < 4.78 is 7.18. The summed E-state index contributed by atoms with van der Waals surface area (Å²) in [6, 6.07) is 0. The molecule has 0 radical (unpaired) electrons. The van der Waals surface area contributed by atoms with Crippen molar-refractivity contribution >= 4 is 5.91 Å². The molecule has 1 unspecified atom stereocenters. The van der Waals surface area contributed by atoms with Crippen molar-refractivity contribution in [3.63, 3.8) is 0 Å². The Bertz CT molecular complexity index is 752. The van der Waals surface area contributed by atoms with E-state index in [1.807, 2.05) is 23.4 Å². The Morgan fingerprint density at radius 2 is 2.08 bits per heavy atom. The predicted octanol–water partition coefficient (Wildman–Crippen LogP) is 2.22. The van der Waals surface area contributed by atoms with Crippen LogP contribution >= 0.6 is 0 Å². The lowest BCUT2D eigenvalue weighted by atomic mass is 9.76. The first-order valence-corrected chi connectivity index (χ1v) is 8.58. The van der Waals surface area contributed by atoms with Crippen LogP contribution in [0, 0.1) is 19.3 Å². The van der Waals surface area contributed by atoms with Gasteiger partial charge in [0, 0.05) is 26.1 Å². The Morgan fingerprint density at radius 1 is 1.33 bits per heavy atom. The topological polar surface area (TPSA) is 77.1 Å². The molecule has 1 saturated heterocycles. The van der Waals surface area contributed by atoms with Gasteiger partial charge in [0.25, 0.3) is 5.91 Å². The minimum Gasteiger partial charge on any atom is -0.361 e. The van der Waals surface area contributed by atoms with Crippen LogP contribution in [-0.2, 0) is 7.05 Å². The summed E-state index contributed by atoms with van der Waals surface area (Å²) in [7, 11) is 1.98. The van der Waals surface area contributed by atoms with Crippen molar-refractivity contribution in [1.29, 1.82) is 0 Å². The molecule has 0 N–H and O–H groups in total. The lowest BCUT2D eigenvalue weighted by Crippen LogP contribution is -2.31. The third-order valence-corrected chi connectivity index (χ3v) is 5.84. The highest BCUT2D eigenvalue weighted by molar-refractivity contribution is 5.96. The van der Waals surface area contributed by atoms with E-state index in [0.29, 0.717) is 23.6 Å².